The number of Topliss-reactive ketones (excluding diaryl/α,β-unsaturated/α-hetero) is 1. The van der Waals surface area contributed by atoms with Crippen molar-refractivity contribution in [2.75, 3.05) is 13.7 Å². The number of carbonyl (C=O) groups is 1. The minimum atomic E-state index is -0.419. The number of ketones is 1. The van der Waals surface area contributed by atoms with Crippen LogP contribution < -0.4 is 5.56 Å². The molecule has 0 spiro atoms. The number of ether oxygens (including phenoxy) is 1. The van der Waals surface area contributed by atoms with Gasteiger partial charge in [-0.2, -0.15) is 0 Å². The maximum absolute atomic E-state index is 13.2. The van der Waals surface area contributed by atoms with Crippen LogP contribution in [0.25, 0.3) is 21.8 Å². The summed E-state index contributed by atoms with van der Waals surface area (Å²) in [6, 6.07) is 13.1. The quantitative estimate of drug-likeness (QED) is 0.234. The van der Waals surface area contributed by atoms with Gasteiger partial charge >= 0.3 is 0 Å². The number of nitrogens with zero attached hydrogens (tertiary/aromatic N) is 2. The van der Waals surface area contributed by atoms with E-state index in [0.29, 0.717) is 34.8 Å². The van der Waals surface area contributed by atoms with Crippen molar-refractivity contribution in [1.82, 2.24) is 14.5 Å². The van der Waals surface area contributed by atoms with Crippen LogP contribution in [0.1, 0.15) is 17.3 Å². The van der Waals surface area contributed by atoms with Gasteiger partial charge in [0, 0.05) is 34.2 Å². The Morgan fingerprint density at radius 2 is 2.07 bits per heavy atom. The molecule has 2 heterocycles. The van der Waals surface area contributed by atoms with Crippen LogP contribution in [0.4, 0.5) is 0 Å². The summed E-state index contributed by atoms with van der Waals surface area (Å²) >= 11 is 4.70. The van der Waals surface area contributed by atoms with Crippen LogP contribution in [0.2, 0.25) is 0 Å². The van der Waals surface area contributed by atoms with Gasteiger partial charge in [-0.05, 0) is 31.2 Å². The van der Waals surface area contributed by atoms with Crippen LogP contribution in [-0.2, 0) is 11.3 Å². The first-order valence-electron chi connectivity index (χ1n) is 9.45. The molecule has 1 atom stereocenters. The molecule has 6 nitrogen and oxygen atoms in total. The monoisotopic (exact) mass is 485 g/mol. The number of hydrogen-bond acceptors (Lipinski definition) is 5. The van der Waals surface area contributed by atoms with Gasteiger partial charge in [-0.3, -0.25) is 14.2 Å². The molecule has 0 aliphatic rings. The molecular weight excluding hydrogens is 466 g/mol. The van der Waals surface area contributed by atoms with Crippen LogP contribution in [0.3, 0.4) is 0 Å². The maximum Gasteiger partial charge on any atom is 0.262 e. The number of benzene rings is 2. The molecule has 0 saturated carbocycles. The zero-order valence-electron chi connectivity index (χ0n) is 16.5. The molecule has 0 fully saturated rings. The van der Waals surface area contributed by atoms with Crippen molar-refractivity contribution < 1.29 is 9.53 Å². The molecule has 0 bridgehead atoms. The lowest BCUT2D eigenvalue weighted by Crippen LogP contribution is -2.26. The molecule has 8 heteroatoms. The third kappa shape index (κ3) is 3.95. The minimum absolute atomic E-state index is 0.0131. The molecule has 1 N–H and O–H groups in total. The summed E-state index contributed by atoms with van der Waals surface area (Å²) in [5.41, 5.74) is 2.02. The summed E-state index contributed by atoms with van der Waals surface area (Å²) in [5.74, 6) is -0.0131. The summed E-state index contributed by atoms with van der Waals surface area (Å²) < 4.78 is 7.57. The fraction of sp³-hybridized carbons (Fsp3) is 0.227. The third-order valence-corrected chi connectivity index (χ3v) is 6.49. The highest BCUT2D eigenvalue weighted by Crippen LogP contribution is 2.28. The van der Waals surface area contributed by atoms with Gasteiger partial charge in [0.2, 0.25) is 0 Å². The van der Waals surface area contributed by atoms with Gasteiger partial charge in [0.15, 0.2) is 10.9 Å². The predicted molar refractivity (Wildman–Crippen MR) is 124 cm³/mol. The topological polar surface area (TPSA) is 77.0 Å². The van der Waals surface area contributed by atoms with Crippen molar-refractivity contribution in [2.45, 2.75) is 23.9 Å². The largest absolute Gasteiger partial charge is 0.383 e. The molecule has 4 aromatic rings. The Bertz CT molecular complexity index is 1300. The van der Waals surface area contributed by atoms with Gasteiger partial charge in [-0.1, -0.05) is 45.9 Å². The number of H-pyrrole nitrogens is 1. The Labute approximate surface area is 185 Å². The first-order valence-corrected chi connectivity index (χ1v) is 11.1. The molecule has 0 radical (unpaired) electrons. The molecule has 4 rings (SSSR count). The number of nitrogens with one attached hydrogen (secondary N) is 1. The zero-order chi connectivity index (χ0) is 21.3. The Morgan fingerprint density at radius 1 is 1.27 bits per heavy atom. The predicted octanol–water partition coefficient (Wildman–Crippen LogP) is 4.65. The van der Waals surface area contributed by atoms with E-state index in [1.54, 1.807) is 30.0 Å². The number of carbonyl (C=O) groups excluding carboxylic acids is 1. The highest BCUT2D eigenvalue weighted by atomic mass is 79.9. The normalized spacial score (nSPS) is 12.5. The van der Waals surface area contributed by atoms with Gasteiger partial charge in [0.25, 0.3) is 5.56 Å². The number of thioether (sulfide) groups is 1. The lowest BCUT2D eigenvalue weighted by molar-refractivity contribution is 0.0995. The molecule has 2 aromatic carbocycles. The summed E-state index contributed by atoms with van der Waals surface area (Å²) in [7, 11) is 1.59. The van der Waals surface area contributed by atoms with E-state index >= 15 is 0 Å². The fourth-order valence-electron chi connectivity index (χ4n) is 3.35. The second kappa shape index (κ2) is 8.75. The number of fused-ring (bicyclic) bond motifs is 2. The first kappa shape index (κ1) is 20.8. The van der Waals surface area contributed by atoms with E-state index in [9.17, 15) is 9.59 Å². The van der Waals surface area contributed by atoms with E-state index in [4.69, 9.17) is 4.74 Å². The average molecular weight is 486 g/mol. The number of hydrogen-bond donors (Lipinski definition) is 1. The summed E-state index contributed by atoms with van der Waals surface area (Å²) in [5, 5.41) is 1.51. The number of methoxy groups -OCH3 is 1. The van der Waals surface area contributed by atoms with E-state index < -0.39 is 5.25 Å². The van der Waals surface area contributed by atoms with Gasteiger partial charge in [-0.15, -0.1) is 0 Å². The van der Waals surface area contributed by atoms with Gasteiger partial charge in [-0.25, -0.2) is 4.98 Å². The van der Waals surface area contributed by atoms with Crippen molar-refractivity contribution in [3.63, 3.8) is 0 Å². The smallest absolute Gasteiger partial charge is 0.262 e. The number of aromatic amines is 1. The van der Waals surface area contributed by atoms with E-state index in [1.807, 2.05) is 37.3 Å². The van der Waals surface area contributed by atoms with Crippen molar-refractivity contribution in [2.24, 2.45) is 0 Å². The van der Waals surface area contributed by atoms with Crippen molar-refractivity contribution in [1.29, 1.82) is 0 Å². The maximum atomic E-state index is 13.2. The number of para-hydroxylation sites is 1. The highest BCUT2D eigenvalue weighted by molar-refractivity contribution is 9.10. The Kier molecular flexibility index (Phi) is 6.08. The number of rotatable bonds is 7. The molecule has 2 aromatic heterocycles. The third-order valence-electron chi connectivity index (χ3n) is 4.91. The minimum Gasteiger partial charge on any atom is -0.383 e. The number of halogens is 1. The Hall–Kier alpha value is -2.42. The van der Waals surface area contributed by atoms with E-state index in [2.05, 4.69) is 25.9 Å². The van der Waals surface area contributed by atoms with E-state index in [-0.39, 0.29) is 11.3 Å². The molecule has 0 amide bonds. The van der Waals surface area contributed by atoms with Gasteiger partial charge in [0.05, 0.1) is 29.3 Å². The van der Waals surface area contributed by atoms with E-state index in [1.165, 1.54) is 11.8 Å². The second-order valence-electron chi connectivity index (χ2n) is 6.88. The standard InChI is InChI=1S/C22H20BrN3O3S/c1-13(20(27)17-12-24-18-6-4-3-5-15(17)18)30-22-25-19-8-7-14(23)11-16(19)21(28)26(22)9-10-29-2/h3-8,11-13,24H,9-10H2,1-2H3. The molecule has 1 unspecified atom stereocenters. The second-order valence-corrected chi connectivity index (χ2v) is 9.10. The van der Waals surface area contributed by atoms with Crippen LogP contribution in [-0.4, -0.2) is 39.3 Å². The van der Waals surface area contributed by atoms with Gasteiger partial charge < -0.3 is 9.72 Å². The van der Waals surface area contributed by atoms with Crippen LogP contribution >= 0.6 is 27.7 Å². The average Bonchev–Trinajstić information content (AvgIpc) is 3.17. The molecule has 30 heavy (non-hydrogen) atoms. The Balaban J connectivity index is 1.72. The molecule has 0 saturated heterocycles. The summed E-state index contributed by atoms with van der Waals surface area (Å²) in [4.78, 5) is 34.1. The SMILES string of the molecule is COCCn1c(SC(C)C(=O)c2c[nH]c3ccccc23)nc2ccc(Br)cc2c1=O. The lowest BCUT2D eigenvalue weighted by Gasteiger charge is -2.15. The fourth-order valence-corrected chi connectivity index (χ4v) is 4.71. The van der Waals surface area contributed by atoms with E-state index in [0.717, 1.165) is 15.4 Å². The van der Waals surface area contributed by atoms with Crippen LogP contribution in [0.5, 0.6) is 0 Å². The van der Waals surface area contributed by atoms with Crippen LogP contribution in [0, 0.1) is 0 Å². The molecular formula is C22H20BrN3O3S. The molecule has 0 aliphatic carbocycles. The number of aromatic nitrogens is 3. The summed E-state index contributed by atoms with van der Waals surface area (Å²) in [6.45, 7) is 2.58. The van der Waals surface area contributed by atoms with Crippen molar-refractivity contribution in [3.05, 3.63) is 69.1 Å². The highest BCUT2D eigenvalue weighted by Gasteiger charge is 2.22. The Morgan fingerprint density at radius 3 is 2.87 bits per heavy atom. The van der Waals surface area contributed by atoms with Gasteiger partial charge in [0.1, 0.15) is 0 Å². The van der Waals surface area contributed by atoms with Crippen LogP contribution in [0.15, 0.2) is 63.1 Å². The molecule has 0 aliphatic heterocycles. The first-order chi connectivity index (χ1) is 14.5. The van der Waals surface area contributed by atoms with Crippen molar-refractivity contribution in [3.8, 4) is 0 Å². The summed E-state index contributed by atoms with van der Waals surface area (Å²) in [6.07, 6.45) is 1.74. The van der Waals surface area contributed by atoms with Crippen molar-refractivity contribution >= 4 is 55.3 Å². The lowest BCUT2D eigenvalue weighted by atomic mass is 10.1. The molecule has 154 valence electrons. The zero-order valence-corrected chi connectivity index (χ0v) is 18.9.